The zero-order valence-electron chi connectivity index (χ0n) is 12.7. The number of aryl methyl sites for hydroxylation is 1. The van der Waals surface area contributed by atoms with Crippen molar-refractivity contribution in [2.45, 2.75) is 39.7 Å². The monoisotopic (exact) mass is 294 g/mol. The summed E-state index contributed by atoms with van der Waals surface area (Å²) in [6.45, 7) is 7.13. The number of hydrogen-bond donors (Lipinski definition) is 2. The van der Waals surface area contributed by atoms with E-state index in [1.807, 2.05) is 13.8 Å². The Hall–Kier alpha value is -2.05. The van der Waals surface area contributed by atoms with Gasteiger partial charge in [0, 0.05) is 30.4 Å². The SMILES string of the molecule is CCOC(=O)N1CCC(NC(=O)c2n[nH]c(C)c2C)CC1. The molecule has 1 aliphatic heterocycles. The first-order valence-electron chi connectivity index (χ1n) is 7.27. The van der Waals surface area contributed by atoms with Crippen molar-refractivity contribution >= 4 is 12.0 Å². The van der Waals surface area contributed by atoms with E-state index >= 15 is 0 Å². The molecule has 1 aromatic heterocycles. The van der Waals surface area contributed by atoms with Crippen molar-refractivity contribution in [2.24, 2.45) is 0 Å². The van der Waals surface area contributed by atoms with Gasteiger partial charge in [-0.3, -0.25) is 9.89 Å². The Balaban J connectivity index is 1.85. The lowest BCUT2D eigenvalue weighted by Crippen LogP contribution is -2.46. The molecule has 0 aromatic carbocycles. The average Bonchev–Trinajstić information content (AvgIpc) is 2.80. The summed E-state index contributed by atoms with van der Waals surface area (Å²) in [7, 11) is 0. The number of nitrogens with zero attached hydrogens (tertiary/aromatic N) is 2. The molecule has 1 aliphatic rings. The largest absolute Gasteiger partial charge is 0.450 e. The quantitative estimate of drug-likeness (QED) is 0.881. The minimum Gasteiger partial charge on any atom is -0.450 e. The topological polar surface area (TPSA) is 87.3 Å². The number of rotatable bonds is 3. The van der Waals surface area contributed by atoms with Gasteiger partial charge in [0.25, 0.3) is 5.91 Å². The number of H-pyrrole nitrogens is 1. The van der Waals surface area contributed by atoms with E-state index in [0.717, 1.165) is 24.1 Å². The molecular weight excluding hydrogens is 272 g/mol. The first-order valence-corrected chi connectivity index (χ1v) is 7.27. The molecule has 2 N–H and O–H groups in total. The van der Waals surface area contributed by atoms with Crippen LogP contribution in [-0.2, 0) is 4.74 Å². The molecule has 0 aliphatic carbocycles. The summed E-state index contributed by atoms with van der Waals surface area (Å²) >= 11 is 0. The minimum atomic E-state index is -0.277. The molecular formula is C14H22N4O3. The van der Waals surface area contributed by atoms with Crippen LogP contribution in [0.1, 0.15) is 41.5 Å². The lowest BCUT2D eigenvalue weighted by Gasteiger charge is -2.31. The molecule has 7 heteroatoms. The highest BCUT2D eigenvalue weighted by Gasteiger charge is 2.25. The van der Waals surface area contributed by atoms with Gasteiger partial charge in [-0.05, 0) is 33.6 Å². The second kappa shape index (κ2) is 6.60. The first-order chi connectivity index (χ1) is 10.0. The van der Waals surface area contributed by atoms with Gasteiger partial charge < -0.3 is 15.0 Å². The zero-order chi connectivity index (χ0) is 15.4. The van der Waals surface area contributed by atoms with E-state index in [2.05, 4.69) is 15.5 Å². The Morgan fingerprint density at radius 2 is 2.05 bits per heavy atom. The Morgan fingerprint density at radius 3 is 2.57 bits per heavy atom. The molecule has 0 saturated carbocycles. The summed E-state index contributed by atoms with van der Waals surface area (Å²) in [5, 5.41) is 9.82. The molecule has 116 valence electrons. The number of aromatic nitrogens is 2. The number of likely N-dealkylation sites (tertiary alicyclic amines) is 1. The number of carbonyl (C=O) groups is 2. The summed E-state index contributed by atoms with van der Waals surface area (Å²) in [6.07, 6.45) is 1.18. The number of piperidine rings is 1. The average molecular weight is 294 g/mol. The van der Waals surface area contributed by atoms with E-state index < -0.39 is 0 Å². The molecule has 1 fully saturated rings. The van der Waals surface area contributed by atoms with Crippen molar-refractivity contribution in [3.63, 3.8) is 0 Å². The molecule has 0 radical (unpaired) electrons. The van der Waals surface area contributed by atoms with Gasteiger partial charge in [0.2, 0.25) is 0 Å². The van der Waals surface area contributed by atoms with Crippen molar-refractivity contribution in [3.05, 3.63) is 17.0 Å². The second-order valence-electron chi connectivity index (χ2n) is 5.26. The smallest absolute Gasteiger partial charge is 0.409 e. The second-order valence-corrected chi connectivity index (χ2v) is 5.26. The fourth-order valence-electron chi connectivity index (χ4n) is 2.38. The molecule has 7 nitrogen and oxygen atoms in total. The molecule has 21 heavy (non-hydrogen) atoms. The molecule has 2 heterocycles. The lowest BCUT2D eigenvalue weighted by atomic mass is 10.0. The third-order valence-electron chi connectivity index (χ3n) is 3.82. The highest BCUT2D eigenvalue weighted by Crippen LogP contribution is 2.13. The van der Waals surface area contributed by atoms with Crippen molar-refractivity contribution < 1.29 is 14.3 Å². The van der Waals surface area contributed by atoms with E-state index in [1.54, 1.807) is 11.8 Å². The molecule has 1 saturated heterocycles. The first kappa shape index (κ1) is 15.3. The van der Waals surface area contributed by atoms with Gasteiger partial charge in [0.05, 0.1) is 6.61 Å². The van der Waals surface area contributed by atoms with Gasteiger partial charge in [0.1, 0.15) is 0 Å². The van der Waals surface area contributed by atoms with E-state index in [1.165, 1.54) is 0 Å². The molecule has 2 rings (SSSR count). The highest BCUT2D eigenvalue weighted by molar-refractivity contribution is 5.94. The van der Waals surface area contributed by atoms with Crippen LogP contribution in [0.4, 0.5) is 4.79 Å². The maximum absolute atomic E-state index is 12.2. The van der Waals surface area contributed by atoms with Crippen molar-refractivity contribution in [1.29, 1.82) is 0 Å². The van der Waals surface area contributed by atoms with E-state index in [4.69, 9.17) is 4.74 Å². The maximum Gasteiger partial charge on any atom is 0.409 e. The van der Waals surface area contributed by atoms with Gasteiger partial charge in [-0.25, -0.2) is 4.79 Å². The van der Waals surface area contributed by atoms with Gasteiger partial charge in [-0.2, -0.15) is 5.10 Å². The van der Waals surface area contributed by atoms with Crippen molar-refractivity contribution in [2.75, 3.05) is 19.7 Å². The van der Waals surface area contributed by atoms with Crippen molar-refractivity contribution in [3.8, 4) is 0 Å². The Labute approximate surface area is 124 Å². The molecule has 1 aromatic rings. The van der Waals surface area contributed by atoms with Crippen LogP contribution in [0, 0.1) is 13.8 Å². The Morgan fingerprint density at radius 1 is 1.38 bits per heavy atom. The maximum atomic E-state index is 12.2. The number of hydrogen-bond acceptors (Lipinski definition) is 4. The predicted octanol–water partition coefficient (Wildman–Crippen LogP) is 1.38. The van der Waals surface area contributed by atoms with Gasteiger partial charge in [-0.1, -0.05) is 0 Å². The molecule has 0 spiro atoms. The number of amides is 2. The van der Waals surface area contributed by atoms with Crippen LogP contribution in [0.3, 0.4) is 0 Å². The van der Waals surface area contributed by atoms with Crippen LogP contribution < -0.4 is 5.32 Å². The van der Waals surface area contributed by atoms with E-state index in [0.29, 0.717) is 25.4 Å². The number of aromatic amines is 1. The summed E-state index contributed by atoms with van der Waals surface area (Å²) in [6, 6.07) is 0.0691. The van der Waals surface area contributed by atoms with E-state index in [9.17, 15) is 9.59 Å². The Bertz CT molecular complexity index is 518. The van der Waals surface area contributed by atoms with Gasteiger partial charge >= 0.3 is 6.09 Å². The lowest BCUT2D eigenvalue weighted by molar-refractivity contribution is 0.0856. The summed E-state index contributed by atoms with van der Waals surface area (Å²) < 4.78 is 4.97. The van der Waals surface area contributed by atoms with Crippen LogP contribution in [0.25, 0.3) is 0 Å². The predicted molar refractivity (Wildman–Crippen MR) is 77.1 cm³/mol. The fraction of sp³-hybridized carbons (Fsp3) is 0.643. The van der Waals surface area contributed by atoms with Crippen molar-refractivity contribution in [1.82, 2.24) is 20.4 Å². The number of ether oxygens (including phenoxy) is 1. The zero-order valence-corrected chi connectivity index (χ0v) is 12.7. The number of nitrogens with one attached hydrogen (secondary N) is 2. The summed E-state index contributed by atoms with van der Waals surface area (Å²) in [5.74, 6) is -0.161. The fourth-order valence-corrected chi connectivity index (χ4v) is 2.38. The van der Waals surface area contributed by atoms with Crippen LogP contribution in [0.2, 0.25) is 0 Å². The minimum absolute atomic E-state index is 0.0691. The van der Waals surface area contributed by atoms with Crippen LogP contribution in [0.15, 0.2) is 0 Å². The highest BCUT2D eigenvalue weighted by atomic mass is 16.6. The molecule has 0 bridgehead atoms. The molecule has 0 atom stereocenters. The Kier molecular flexibility index (Phi) is 4.82. The number of carbonyl (C=O) groups excluding carboxylic acids is 2. The van der Waals surface area contributed by atoms with Gasteiger partial charge in [-0.15, -0.1) is 0 Å². The van der Waals surface area contributed by atoms with Crippen LogP contribution in [0.5, 0.6) is 0 Å². The molecule has 2 amide bonds. The summed E-state index contributed by atoms with van der Waals surface area (Å²) in [4.78, 5) is 25.4. The van der Waals surface area contributed by atoms with Crippen LogP contribution in [-0.4, -0.2) is 52.8 Å². The third kappa shape index (κ3) is 3.53. The third-order valence-corrected chi connectivity index (χ3v) is 3.82. The normalized spacial score (nSPS) is 15.9. The standard InChI is InChI=1S/C14H22N4O3/c1-4-21-14(20)18-7-5-11(6-8-18)15-13(19)12-9(2)10(3)16-17-12/h11H,4-8H2,1-3H3,(H,15,19)(H,16,17). The van der Waals surface area contributed by atoms with Gasteiger partial charge in [0.15, 0.2) is 5.69 Å². The van der Waals surface area contributed by atoms with Crippen LogP contribution >= 0.6 is 0 Å². The summed E-state index contributed by atoms with van der Waals surface area (Å²) in [5.41, 5.74) is 2.22. The molecule has 0 unspecified atom stereocenters. The van der Waals surface area contributed by atoms with E-state index in [-0.39, 0.29) is 18.0 Å².